The lowest BCUT2D eigenvalue weighted by atomic mass is 9.97. The number of rotatable bonds is 5. The van der Waals surface area contributed by atoms with E-state index in [9.17, 15) is 0 Å². The van der Waals surface area contributed by atoms with Crippen molar-refractivity contribution in [2.24, 2.45) is 0 Å². The Balaban J connectivity index is 1.51. The second-order valence-corrected chi connectivity index (χ2v) is 7.28. The Labute approximate surface area is 146 Å². The fraction of sp³-hybridized carbons (Fsp3) is 0.455. The number of nitrogens with zero attached hydrogens (tertiary/aromatic N) is 1. The van der Waals surface area contributed by atoms with Gasteiger partial charge in [0.1, 0.15) is 0 Å². The molecule has 0 amide bonds. The molecule has 2 aromatic carbocycles. The zero-order chi connectivity index (χ0) is 16.9. The molecule has 1 aliphatic rings. The van der Waals surface area contributed by atoms with Gasteiger partial charge in [0.25, 0.3) is 0 Å². The minimum Gasteiger partial charge on any atom is -0.307 e. The number of aryl methyl sites for hydroxylation is 2. The van der Waals surface area contributed by atoms with Crippen LogP contribution in [-0.2, 0) is 6.54 Å². The smallest absolute Gasteiger partial charge is 0.0297 e. The van der Waals surface area contributed by atoms with E-state index in [-0.39, 0.29) is 0 Å². The van der Waals surface area contributed by atoms with E-state index in [1.54, 1.807) is 0 Å². The average Bonchev–Trinajstić information content (AvgIpc) is 2.59. The molecule has 128 valence electrons. The van der Waals surface area contributed by atoms with Crippen molar-refractivity contribution >= 4 is 0 Å². The molecular formula is C22H30N2. The van der Waals surface area contributed by atoms with Gasteiger partial charge in [-0.1, -0.05) is 54.1 Å². The average molecular weight is 322 g/mol. The summed E-state index contributed by atoms with van der Waals surface area (Å²) in [5.41, 5.74) is 5.61. The minimum absolute atomic E-state index is 0.426. The van der Waals surface area contributed by atoms with Crippen LogP contribution in [0.2, 0.25) is 0 Å². The number of nitrogens with one attached hydrogen (secondary N) is 1. The van der Waals surface area contributed by atoms with Crippen LogP contribution in [0, 0.1) is 13.8 Å². The first kappa shape index (κ1) is 17.2. The highest BCUT2D eigenvalue weighted by molar-refractivity contribution is 5.32. The van der Waals surface area contributed by atoms with E-state index in [1.807, 2.05) is 0 Å². The van der Waals surface area contributed by atoms with Crippen molar-refractivity contribution in [2.45, 2.75) is 52.2 Å². The Bertz CT molecular complexity index is 642. The molecule has 0 radical (unpaired) electrons. The number of hydrogen-bond acceptors (Lipinski definition) is 2. The molecule has 0 aromatic heterocycles. The fourth-order valence-corrected chi connectivity index (χ4v) is 3.77. The van der Waals surface area contributed by atoms with Gasteiger partial charge < -0.3 is 5.32 Å². The summed E-state index contributed by atoms with van der Waals surface area (Å²) in [6, 6.07) is 18.7. The van der Waals surface area contributed by atoms with Crippen molar-refractivity contribution in [2.75, 3.05) is 13.1 Å². The summed E-state index contributed by atoms with van der Waals surface area (Å²) in [5.74, 6) is 0. The molecule has 1 aliphatic heterocycles. The predicted octanol–water partition coefficient (Wildman–Crippen LogP) is 4.62. The summed E-state index contributed by atoms with van der Waals surface area (Å²) in [4.78, 5) is 2.58. The van der Waals surface area contributed by atoms with E-state index in [0.29, 0.717) is 12.1 Å². The number of hydrogen-bond donors (Lipinski definition) is 1. The molecule has 0 spiro atoms. The van der Waals surface area contributed by atoms with Gasteiger partial charge in [-0.25, -0.2) is 0 Å². The molecule has 1 N–H and O–H groups in total. The van der Waals surface area contributed by atoms with E-state index < -0.39 is 0 Å². The van der Waals surface area contributed by atoms with Gasteiger partial charge in [0.15, 0.2) is 0 Å². The lowest BCUT2D eigenvalue weighted by Gasteiger charge is -2.34. The van der Waals surface area contributed by atoms with E-state index in [1.165, 1.54) is 48.2 Å². The highest BCUT2D eigenvalue weighted by Gasteiger charge is 2.21. The van der Waals surface area contributed by atoms with Crippen LogP contribution in [0.15, 0.2) is 48.5 Å². The van der Waals surface area contributed by atoms with Gasteiger partial charge in [-0.3, -0.25) is 4.90 Å². The maximum atomic E-state index is 3.86. The van der Waals surface area contributed by atoms with Gasteiger partial charge in [0.05, 0.1) is 0 Å². The van der Waals surface area contributed by atoms with Crippen LogP contribution in [0.25, 0.3) is 0 Å². The molecule has 0 bridgehead atoms. The monoisotopic (exact) mass is 322 g/mol. The molecule has 0 saturated carbocycles. The van der Waals surface area contributed by atoms with E-state index >= 15 is 0 Å². The van der Waals surface area contributed by atoms with Crippen molar-refractivity contribution in [3.05, 3.63) is 70.8 Å². The summed E-state index contributed by atoms with van der Waals surface area (Å²) in [6.07, 6.45) is 2.48. The van der Waals surface area contributed by atoms with Crippen LogP contribution >= 0.6 is 0 Å². The maximum Gasteiger partial charge on any atom is 0.0297 e. The third-order valence-corrected chi connectivity index (χ3v) is 5.22. The van der Waals surface area contributed by atoms with Crippen LogP contribution in [-0.4, -0.2) is 24.0 Å². The van der Waals surface area contributed by atoms with Crippen molar-refractivity contribution < 1.29 is 0 Å². The van der Waals surface area contributed by atoms with Crippen molar-refractivity contribution in [1.82, 2.24) is 10.2 Å². The minimum atomic E-state index is 0.426. The summed E-state index contributed by atoms with van der Waals surface area (Å²) >= 11 is 0. The molecule has 2 aromatic rings. The van der Waals surface area contributed by atoms with Crippen LogP contribution in [0.1, 0.15) is 48.1 Å². The molecule has 3 rings (SSSR count). The third-order valence-electron chi connectivity index (χ3n) is 5.22. The molecule has 1 unspecified atom stereocenters. The normalized spacial score (nSPS) is 17.8. The first-order chi connectivity index (χ1) is 11.6. The lowest BCUT2D eigenvalue weighted by molar-refractivity contribution is 0.185. The van der Waals surface area contributed by atoms with Crippen molar-refractivity contribution in [3.63, 3.8) is 0 Å². The molecule has 2 nitrogen and oxygen atoms in total. The molecule has 1 saturated heterocycles. The highest BCUT2D eigenvalue weighted by Crippen LogP contribution is 2.22. The van der Waals surface area contributed by atoms with Gasteiger partial charge >= 0.3 is 0 Å². The van der Waals surface area contributed by atoms with Crippen molar-refractivity contribution in [1.29, 1.82) is 0 Å². The zero-order valence-electron chi connectivity index (χ0n) is 15.3. The standard InChI is InChI=1S/C22H30N2/c1-17-9-10-18(2)22(15-17)19(3)23-21-11-13-24(14-12-21)16-20-7-5-4-6-8-20/h4-10,15,19,21,23H,11-14,16H2,1-3H3. The Morgan fingerprint density at radius 2 is 1.75 bits per heavy atom. The van der Waals surface area contributed by atoms with Crippen LogP contribution in [0.4, 0.5) is 0 Å². The first-order valence-corrected chi connectivity index (χ1v) is 9.21. The second kappa shape index (κ2) is 7.96. The quantitative estimate of drug-likeness (QED) is 0.864. The van der Waals surface area contributed by atoms with Gasteiger partial charge in [-0.2, -0.15) is 0 Å². The number of piperidine rings is 1. The number of likely N-dealkylation sites (tertiary alicyclic amines) is 1. The molecule has 1 heterocycles. The number of benzene rings is 2. The molecular weight excluding hydrogens is 292 g/mol. The summed E-state index contributed by atoms with van der Waals surface area (Å²) in [7, 11) is 0. The molecule has 2 heteroatoms. The van der Waals surface area contributed by atoms with E-state index in [0.717, 1.165) is 6.54 Å². The maximum absolute atomic E-state index is 3.86. The summed E-state index contributed by atoms with van der Waals surface area (Å²) in [5, 5.41) is 3.86. The second-order valence-electron chi connectivity index (χ2n) is 7.28. The van der Waals surface area contributed by atoms with Gasteiger partial charge in [-0.05, 0) is 63.4 Å². The summed E-state index contributed by atoms with van der Waals surface area (Å²) in [6.45, 7) is 10.2. The Hall–Kier alpha value is -1.64. The van der Waals surface area contributed by atoms with E-state index in [2.05, 4.69) is 79.5 Å². The van der Waals surface area contributed by atoms with Crippen LogP contribution < -0.4 is 5.32 Å². The Morgan fingerprint density at radius 1 is 1.04 bits per heavy atom. The van der Waals surface area contributed by atoms with Gasteiger partial charge in [0, 0.05) is 18.6 Å². The molecule has 1 fully saturated rings. The van der Waals surface area contributed by atoms with Gasteiger partial charge in [-0.15, -0.1) is 0 Å². The van der Waals surface area contributed by atoms with Crippen LogP contribution in [0.5, 0.6) is 0 Å². The topological polar surface area (TPSA) is 15.3 Å². The molecule has 1 atom stereocenters. The largest absolute Gasteiger partial charge is 0.307 e. The summed E-state index contributed by atoms with van der Waals surface area (Å²) < 4.78 is 0. The SMILES string of the molecule is Cc1ccc(C)c(C(C)NC2CCN(Cc3ccccc3)CC2)c1. The highest BCUT2D eigenvalue weighted by atomic mass is 15.1. The molecule has 0 aliphatic carbocycles. The fourth-order valence-electron chi connectivity index (χ4n) is 3.77. The van der Waals surface area contributed by atoms with Crippen molar-refractivity contribution in [3.8, 4) is 0 Å². The first-order valence-electron chi connectivity index (χ1n) is 9.21. The predicted molar refractivity (Wildman–Crippen MR) is 102 cm³/mol. The Kier molecular flexibility index (Phi) is 5.70. The molecule has 24 heavy (non-hydrogen) atoms. The zero-order valence-corrected chi connectivity index (χ0v) is 15.3. The third kappa shape index (κ3) is 4.46. The Morgan fingerprint density at radius 3 is 2.46 bits per heavy atom. The van der Waals surface area contributed by atoms with Gasteiger partial charge in [0.2, 0.25) is 0 Å². The lowest BCUT2D eigenvalue weighted by Crippen LogP contribution is -2.43. The van der Waals surface area contributed by atoms with E-state index in [4.69, 9.17) is 0 Å². The van der Waals surface area contributed by atoms with Crippen LogP contribution in [0.3, 0.4) is 0 Å².